The van der Waals surface area contributed by atoms with Crippen LogP contribution in [0.25, 0.3) is 0 Å². The van der Waals surface area contributed by atoms with Crippen molar-refractivity contribution in [2.75, 3.05) is 19.6 Å². The number of piperidine rings is 1. The van der Waals surface area contributed by atoms with E-state index in [0.717, 1.165) is 5.92 Å². The fourth-order valence-electron chi connectivity index (χ4n) is 2.81. The van der Waals surface area contributed by atoms with Gasteiger partial charge in [-0.2, -0.15) is 0 Å². The van der Waals surface area contributed by atoms with E-state index in [2.05, 4.69) is 13.8 Å². The van der Waals surface area contributed by atoms with Crippen molar-refractivity contribution in [2.45, 2.75) is 65.2 Å². The minimum absolute atomic E-state index is 0. The van der Waals surface area contributed by atoms with Gasteiger partial charge in [0.25, 0.3) is 0 Å². The van der Waals surface area contributed by atoms with Gasteiger partial charge in [-0.05, 0) is 32.1 Å². The van der Waals surface area contributed by atoms with Gasteiger partial charge in [0.15, 0.2) is 0 Å². The molecular weight excluding hydrogens is 201 g/mol. The Bertz CT molecular complexity index is 150. The maximum atomic E-state index is 2.36. The number of likely N-dealkylation sites (tertiary alicyclic amines) is 1. The third kappa shape index (κ3) is 6.47. The summed E-state index contributed by atoms with van der Waals surface area (Å²) in [5, 5.41) is 0. The number of rotatable bonds is 7. The van der Waals surface area contributed by atoms with Gasteiger partial charge in [-0.15, -0.1) is 0 Å². The zero-order valence-corrected chi connectivity index (χ0v) is 11.2. The molecule has 1 aliphatic rings. The summed E-state index contributed by atoms with van der Waals surface area (Å²) in [6.07, 6.45) is 11.6. The maximum Gasteiger partial charge on any atom is 0.0799 e. The molecule has 0 spiro atoms. The van der Waals surface area contributed by atoms with Gasteiger partial charge < -0.3 is 9.60 Å². The SMILES string of the molecule is CCCCCCC[NH+]1CCCC(CC)C1.[F-]. The molecule has 1 N–H and O–H groups in total. The van der Waals surface area contributed by atoms with E-state index in [-0.39, 0.29) is 4.70 Å². The van der Waals surface area contributed by atoms with Crippen LogP contribution in [0, 0.1) is 5.92 Å². The first kappa shape index (κ1) is 15.9. The third-order valence-electron chi connectivity index (χ3n) is 3.93. The highest BCUT2D eigenvalue weighted by molar-refractivity contribution is 4.59. The van der Waals surface area contributed by atoms with Crippen molar-refractivity contribution >= 4 is 0 Å². The van der Waals surface area contributed by atoms with Crippen LogP contribution in [0.4, 0.5) is 0 Å². The van der Waals surface area contributed by atoms with Crippen LogP contribution in [0.2, 0.25) is 0 Å². The Hall–Kier alpha value is -0.110. The van der Waals surface area contributed by atoms with Gasteiger partial charge in [0.2, 0.25) is 0 Å². The minimum Gasteiger partial charge on any atom is -1.00 e. The Morgan fingerprint density at radius 2 is 1.81 bits per heavy atom. The summed E-state index contributed by atoms with van der Waals surface area (Å²) in [6.45, 7) is 9.01. The zero-order chi connectivity index (χ0) is 10.9. The van der Waals surface area contributed by atoms with Crippen LogP contribution in [-0.2, 0) is 0 Å². The van der Waals surface area contributed by atoms with E-state index in [1.165, 1.54) is 71.0 Å². The Balaban J connectivity index is 0.00000225. The van der Waals surface area contributed by atoms with Crippen molar-refractivity contribution in [1.82, 2.24) is 0 Å². The zero-order valence-electron chi connectivity index (χ0n) is 11.2. The molecule has 0 aromatic heterocycles. The van der Waals surface area contributed by atoms with Crippen LogP contribution in [0.5, 0.6) is 0 Å². The average Bonchev–Trinajstić information content (AvgIpc) is 2.29. The van der Waals surface area contributed by atoms with Crippen molar-refractivity contribution in [1.29, 1.82) is 0 Å². The predicted molar refractivity (Wildman–Crippen MR) is 67.3 cm³/mol. The molecular formula is C14H30FN. The lowest BCUT2D eigenvalue weighted by atomic mass is 9.95. The summed E-state index contributed by atoms with van der Waals surface area (Å²) in [7, 11) is 0. The first-order chi connectivity index (χ1) is 7.36. The molecule has 0 saturated carbocycles. The second-order valence-electron chi connectivity index (χ2n) is 5.28. The summed E-state index contributed by atoms with van der Waals surface area (Å²) in [6, 6.07) is 0. The third-order valence-corrected chi connectivity index (χ3v) is 3.93. The van der Waals surface area contributed by atoms with Gasteiger partial charge in [-0.3, -0.25) is 0 Å². The number of quaternary nitrogens is 1. The van der Waals surface area contributed by atoms with Crippen molar-refractivity contribution in [3.8, 4) is 0 Å². The van der Waals surface area contributed by atoms with Gasteiger partial charge in [0.05, 0.1) is 19.6 Å². The topological polar surface area (TPSA) is 4.44 Å². The Labute approximate surface area is 101 Å². The molecule has 0 radical (unpaired) electrons. The molecule has 0 aliphatic carbocycles. The summed E-state index contributed by atoms with van der Waals surface area (Å²) in [4.78, 5) is 1.89. The highest BCUT2D eigenvalue weighted by atomic mass is 19.0. The van der Waals surface area contributed by atoms with Crippen molar-refractivity contribution in [3.05, 3.63) is 0 Å². The van der Waals surface area contributed by atoms with Gasteiger partial charge in [-0.1, -0.05) is 33.1 Å². The predicted octanol–water partition coefficient (Wildman–Crippen LogP) is -0.334. The Morgan fingerprint density at radius 1 is 1.06 bits per heavy atom. The largest absolute Gasteiger partial charge is 1.00 e. The van der Waals surface area contributed by atoms with Gasteiger partial charge >= 0.3 is 0 Å². The molecule has 0 aromatic rings. The number of hydrogen-bond donors (Lipinski definition) is 1. The molecule has 2 heteroatoms. The molecule has 1 heterocycles. The Kier molecular flexibility index (Phi) is 10.0. The van der Waals surface area contributed by atoms with E-state index in [1.54, 1.807) is 0 Å². The highest BCUT2D eigenvalue weighted by Gasteiger charge is 2.20. The lowest BCUT2D eigenvalue weighted by Crippen LogP contribution is -3.13. The molecule has 2 unspecified atom stereocenters. The molecule has 1 nitrogen and oxygen atoms in total. The van der Waals surface area contributed by atoms with E-state index in [4.69, 9.17) is 0 Å². The van der Waals surface area contributed by atoms with E-state index >= 15 is 0 Å². The standard InChI is InChI=1S/C14H29N.FH/c1-3-5-6-7-8-11-15-12-9-10-14(4-2)13-15;/h14H,3-13H2,1-2H3;1H. The van der Waals surface area contributed by atoms with Crippen LogP contribution in [-0.4, -0.2) is 19.6 Å². The first-order valence-corrected chi connectivity index (χ1v) is 7.20. The van der Waals surface area contributed by atoms with E-state index in [0.29, 0.717) is 0 Å². The lowest BCUT2D eigenvalue weighted by Gasteiger charge is -2.29. The fraction of sp³-hybridized carbons (Fsp3) is 1.00. The molecule has 2 atom stereocenters. The fourth-order valence-corrected chi connectivity index (χ4v) is 2.81. The highest BCUT2D eigenvalue weighted by Crippen LogP contribution is 2.10. The van der Waals surface area contributed by atoms with E-state index < -0.39 is 0 Å². The molecule has 0 aromatic carbocycles. The molecule has 98 valence electrons. The molecule has 0 bridgehead atoms. The molecule has 1 fully saturated rings. The van der Waals surface area contributed by atoms with Crippen LogP contribution >= 0.6 is 0 Å². The number of halogens is 1. The van der Waals surface area contributed by atoms with Crippen LogP contribution < -0.4 is 9.60 Å². The second-order valence-corrected chi connectivity index (χ2v) is 5.28. The molecule has 1 rings (SSSR count). The minimum atomic E-state index is 0. The van der Waals surface area contributed by atoms with Crippen LogP contribution in [0.3, 0.4) is 0 Å². The summed E-state index contributed by atoms with van der Waals surface area (Å²) < 4.78 is 0. The molecule has 0 amide bonds. The number of unbranched alkanes of at least 4 members (excludes halogenated alkanes) is 4. The summed E-state index contributed by atoms with van der Waals surface area (Å²) in [5.74, 6) is 1.03. The van der Waals surface area contributed by atoms with Gasteiger partial charge in [-0.25, -0.2) is 0 Å². The number of nitrogens with one attached hydrogen (secondary N) is 1. The second kappa shape index (κ2) is 10.1. The molecule has 1 saturated heterocycles. The van der Waals surface area contributed by atoms with Crippen molar-refractivity contribution in [2.24, 2.45) is 5.92 Å². The van der Waals surface area contributed by atoms with E-state index in [1.807, 2.05) is 4.90 Å². The summed E-state index contributed by atoms with van der Waals surface area (Å²) in [5.41, 5.74) is 0. The van der Waals surface area contributed by atoms with Crippen molar-refractivity contribution < 1.29 is 9.60 Å². The first-order valence-electron chi connectivity index (χ1n) is 7.20. The normalized spacial score (nSPS) is 25.1. The van der Waals surface area contributed by atoms with E-state index in [9.17, 15) is 0 Å². The monoisotopic (exact) mass is 231 g/mol. The lowest BCUT2D eigenvalue weighted by molar-refractivity contribution is -0.909. The Morgan fingerprint density at radius 3 is 2.50 bits per heavy atom. The van der Waals surface area contributed by atoms with Crippen LogP contribution in [0.15, 0.2) is 0 Å². The maximum absolute atomic E-state index is 2.36. The van der Waals surface area contributed by atoms with Gasteiger partial charge in [0.1, 0.15) is 0 Å². The molecule has 16 heavy (non-hydrogen) atoms. The van der Waals surface area contributed by atoms with Crippen molar-refractivity contribution in [3.63, 3.8) is 0 Å². The van der Waals surface area contributed by atoms with Gasteiger partial charge in [0, 0.05) is 5.92 Å². The number of hydrogen-bond acceptors (Lipinski definition) is 0. The average molecular weight is 231 g/mol. The molecule has 1 aliphatic heterocycles. The quantitative estimate of drug-likeness (QED) is 0.572. The smallest absolute Gasteiger partial charge is 0.0799 e. The van der Waals surface area contributed by atoms with Crippen LogP contribution in [0.1, 0.15) is 65.2 Å². The summed E-state index contributed by atoms with van der Waals surface area (Å²) >= 11 is 0.